The van der Waals surface area contributed by atoms with Gasteiger partial charge in [-0.1, -0.05) is 52.5 Å². The molecule has 2 aromatic rings. The normalized spacial score (nSPS) is 10.5. The smallest absolute Gasteiger partial charge is 0.258 e. The topological polar surface area (TPSA) is 43.1 Å². The van der Waals surface area contributed by atoms with Gasteiger partial charge >= 0.3 is 0 Å². The molecule has 0 radical (unpaired) electrons. The zero-order chi connectivity index (χ0) is 14.2. The van der Waals surface area contributed by atoms with Gasteiger partial charge < -0.3 is 0 Å². The average molecular weight is 337 g/mol. The van der Waals surface area contributed by atoms with Crippen LogP contribution < -0.4 is 0 Å². The summed E-state index contributed by atoms with van der Waals surface area (Å²) in [6, 6.07) is 7.27. The van der Waals surface area contributed by atoms with Gasteiger partial charge in [0, 0.05) is 11.6 Å². The second kappa shape index (κ2) is 5.55. The fraction of sp³-hybridized carbons (Fsp3) is 0. The number of nitrogens with zero attached hydrogens (tertiary/aromatic N) is 1. The first kappa shape index (κ1) is 14.4. The molecule has 0 heterocycles. The summed E-state index contributed by atoms with van der Waals surface area (Å²) in [5.41, 5.74) is 0.443. The molecule has 2 rings (SSSR count). The maximum absolute atomic E-state index is 11.1. The minimum atomic E-state index is -0.528. The van der Waals surface area contributed by atoms with E-state index in [1.807, 2.05) is 0 Å². The number of hydrogen-bond donors (Lipinski definition) is 0. The summed E-state index contributed by atoms with van der Waals surface area (Å²) in [6.07, 6.45) is 0. The average Bonchev–Trinajstić information content (AvgIpc) is 2.34. The highest BCUT2D eigenvalue weighted by Crippen LogP contribution is 2.42. The molecule has 0 bridgehead atoms. The Kier molecular flexibility index (Phi) is 4.21. The quantitative estimate of drug-likeness (QED) is 0.390. The first-order valence-electron chi connectivity index (χ1n) is 4.99. The molecule has 0 fully saturated rings. The highest BCUT2D eigenvalue weighted by molar-refractivity contribution is 6.44. The number of hydrogen-bond acceptors (Lipinski definition) is 2. The number of benzene rings is 2. The molecule has 2 aromatic carbocycles. The molecule has 0 saturated heterocycles. The van der Waals surface area contributed by atoms with E-state index >= 15 is 0 Å². The maximum Gasteiger partial charge on any atom is 0.278 e. The van der Waals surface area contributed by atoms with Crippen LogP contribution in [0.1, 0.15) is 0 Å². The third-order valence-electron chi connectivity index (χ3n) is 2.47. The van der Waals surface area contributed by atoms with Gasteiger partial charge in [-0.15, -0.1) is 0 Å². The fourth-order valence-electron chi connectivity index (χ4n) is 1.65. The van der Waals surface area contributed by atoms with Crippen LogP contribution in [0.15, 0.2) is 30.3 Å². The zero-order valence-electron chi connectivity index (χ0n) is 9.16. The van der Waals surface area contributed by atoms with E-state index in [-0.39, 0.29) is 31.3 Å². The van der Waals surface area contributed by atoms with E-state index in [0.717, 1.165) is 0 Å². The molecule has 3 nitrogen and oxygen atoms in total. The van der Waals surface area contributed by atoms with Crippen molar-refractivity contribution in [2.75, 3.05) is 0 Å². The molecule has 7 heteroatoms. The van der Waals surface area contributed by atoms with Gasteiger partial charge in [-0.25, -0.2) is 0 Å². The van der Waals surface area contributed by atoms with Crippen molar-refractivity contribution in [1.82, 2.24) is 0 Å². The minimum absolute atomic E-state index is 0.146. The van der Waals surface area contributed by atoms with E-state index in [4.69, 9.17) is 46.4 Å². The Balaban J connectivity index is 2.79. The van der Waals surface area contributed by atoms with Gasteiger partial charge in [0.2, 0.25) is 0 Å². The van der Waals surface area contributed by atoms with Crippen LogP contribution in [-0.4, -0.2) is 4.92 Å². The van der Waals surface area contributed by atoms with Crippen LogP contribution in [0.2, 0.25) is 20.1 Å². The second-order valence-corrected chi connectivity index (χ2v) is 5.27. The van der Waals surface area contributed by atoms with Crippen molar-refractivity contribution in [3.8, 4) is 11.1 Å². The molecule has 0 atom stereocenters. The summed E-state index contributed by atoms with van der Waals surface area (Å²) in [5, 5.41) is 12.0. The lowest BCUT2D eigenvalue weighted by Gasteiger charge is -2.09. The van der Waals surface area contributed by atoms with Crippen LogP contribution in [0.25, 0.3) is 11.1 Å². The second-order valence-electron chi connectivity index (χ2n) is 3.64. The Morgan fingerprint density at radius 1 is 0.895 bits per heavy atom. The fourth-order valence-corrected chi connectivity index (χ4v) is 2.56. The Morgan fingerprint density at radius 2 is 1.53 bits per heavy atom. The summed E-state index contributed by atoms with van der Waals surface area (Å²) < 4.78 is 0. The maximum atomic E-state index is 11.1. The third-order valence-corrected chi connectivity index (χ3v) is 3.82. The summed E-state index contributed by atoms with van der Waals surface area (Å²) in [5.74, 6) is 0. The van der Waals surface area contributed by atoms with Gasteiger partial charge in [0.05, 0.1) is 30.6 Å². The van der Waals surface area contributed by atoms with Crippen molar-refractivity contribution in [1.29, 1.82) is 0 Å². The highest BCUT2D eigenvalue weighted by Gasteiger charge is 2.21. The minimum Gasteiger partial charge on any atom is -0.258 e. The molecule has 0 unspecified atom stereocenters. The number of rotatable bonds is 2. The van der Waals surface area contributed by atoms with Crippen LogP contribution in [-0.2, 0) is 0 Å². The molecule has 0 saturated carbocycles. The first-order chi connectivity index (χ1) is 8.91. The molecule has 0 aliphatic carbocycles. The van der Waals surface area contributed by atoms with Crippen molar-refractivity contribution in [3.05, 3.63) is 60.5 Å². The van der Waals surface area contributed by atoms with Crippen LogP contribution in [0.4, 0.5) is 5.69 Å². The number of nitro groups is 1. The molecule has 0 amide bonds. The van der Waals surface area contributed by atoms with E-state index in [2.05, 4.69) is 0 Å². The summed E-state index contributed by atoms with van der Waals surface area (Å²) in [7, 11) is 0. The van der Waals surface area contributed by atoms with E-state index in [0.29, 0.717) is 5.56 Å². The van der Waals surface area contributed by atoms with Gasteiger partial charge in [0.15, 0.2) is 0 Å². The van der Waals surface area contributed by atoms with E-state index in [9.17, 15) is 10.1 Å². The van der Waals surface area contributed by atoms with Crippen LogP contribution in [0.3, 0.4) is 0 Å². The first-order valence-corrected chi connectivity index (χ1v) is 6.51. The van der Waals surface area contributed by atoms with Crippen LogP contribution >= 0.6 is 46.4 Å². The molecule has 0 N–H and O–H groups in total. The Labute approximate surface area is 128 Å². The van der Waals surface area contributed by atoms with Gasteiger partial charge in [-0.3, -0.25) is 10.1 Å². The SMILES string of the molecule is O=[N+]([O-])c1cccc(Cl)c1-c1cc(Cl)c(Cl)cc1Cl. The largest absolute Gasteiger partial charge is 0.278 e. The standard InChI is InChI=1S/C12H5Cl4NO2/c13-7-2-1-3-11(17(18)19)12(7)6-4-9(15)10(16)5-8(6)14/h1-5H. The summed E-state index contributed by atoms with van der Waals surface area (Å²) in [6.45, 7) is 0. The molecule has 0 spiro atoms. The van der Waals surface area contributed by atoms with Crippen molar-refractivity contribution >= 4 is 52.1 Å². The van der Waals surface area contributed by atoms with Gasteiger partial charge in [-0.05, 0) is 18.2 Å². The molecule has 0 aliphatic rings. The lowest BCUT2D eigenvalue weighted by Crippen LogP contribution is -1.93. The molecular weight excluding hydrogens is 332 g/mol. The zero-order valence-corrected chi connectivity index (χ0v) is 12.2. The van der Waals surface area contributed by atoms with Crippen molar-refractivity contribution in [2.24, 2.45) is 0 Å². The molecule has 98 valence electrons. The van der Waals surface area contributed by atoms with Crippen molar-refractivity contribution in [2.45, 2.75) is 0 Å². The Bertz CT molecular complexity index is 673. The lowest BCUT2D eigenvalue weighted by atomic mass is 10.0. The molecule has 0 aromatic heterocycles. The summed E-state index contributed by atoms with van der Waals surface area (Å²) in [4.78, 5) is 10.5. The third kappa shape index (κ3) is 2.79. The predicted octanol–water partition coefficient (Wildman–Crippen LogP) is 5.88. The lowest BCUT2D eigenvalue weighted by molar-refractivity contribution is -0.384. The Morgan fingerprint density at radius 3 is 2.16 bits per heavy atom. The Hall–Kier alpha value is -1.000. The predicted molar refractivity (Wildman–Crippen MR) is 78.6 cm³/mol. The van der Waals surface area contributed by atoms with E-state index < -0.39 is 4.92 Å². The van der Waals surface area contributed by atoms with Gasteiger partial charge in [-0.2, -0.15) is 0 Å². The van der Waals surface area contributed by atoms with Crippen LogP contribution in [0, 0.1) is 10.1 Å². The van der Waals surface area contributed by atoms with Crippen molar-refractivity contribution < 1.29 is 4.92 Å². The summed E-state index contributed by atoms with van der Waals surface area (Å²) >= 11 is 23.8. The number of nitro benzene ring substituents is 1. The highest BCUT2D eigenvalue weighted by atomic mass is 35.5. The monoisotopic (exact) mass is 335 g/mol. The molecule has 0 aliphatic heterocycles. The molecular formula is C12H5Cl4NO2. The van der Waals surface area contributed by atoms with Crippen LogP contribution in [0.5, 0.6) is 0 Å². The van der Waals surface area contributed by atoms with Gasteiger partial charge in [0.1, 0.15) is 0 Å². The van der Waals surface area contributed by atoms with Crippen molar-refractivity contribution in [3.63, 3.8) is 0 Å². The van der Waals surface area contributed by atoms with E-state index in [1.165, 1.54) is 24.3 Å². The van der Waals surface area contributed by atoms with E-state index in [1.54, 1.807) is 6.07 Å². The number of halogens is 4. The molecule has 19 heavy (non-hydrogen) atoms. The van der Waals surface area contributed by atoms with Gasteiger partial charge in [0.25, 0.3) is 5.69 Å².